The van der Waals surface area contributed by atoms with E-state index in [9.17, 15) is 14.0 Å². The van der Waals surface area contributed by atoms with Crippen molar-refractivity contribution in [1.82, 2.24) is 15.5 Å². The van der Waals surface area contributed by atoms with Crippen LogP contribution in [0.15, 0.2) is 53.1 Å². The number of para-hydroxylation sites is 1. The summed E-state index contributed by atoms with van der Waals surface area (Å²) >= 11 is 0. The van der Waals surface area contributed by atoms with Gasteiger partial charge in [-0.3, -0.25) is 9.59 Å². The Hall–Kier alpha value is -3.55. The minimum atomic E-state index is -0.350. The summed E-state index contributed by atoms with van der Waals surface area (Å²) in [5.41, 5.74) is 1.69. The van der Waals surface area contributed by atoms with Crippen LogP contribution in [0.1, 0.15) is 17.9 Å². The Balaban J connectivity index is 1.45. The summed E-state index contributed by atoms with van der Waals surface area (Å²) < 4.78 is 18.7. The molecule has 0 spiro atoms. The van der Waals surface area contributed by atoms with Crippen LogP contribution < -0.4 is 10.6 Å². The molecule has 0 saturated carbocycles. The lowest BCUT2D eigenvalue weighted by molar-refractivity contribution is -0.124. The number of halogens is 1. The van der Waals surface area contributed by atoms with Crippen LogP contribution in [0, 0.1) is 12.7 Å². The Labute approximate surface area is 161 Å². The highest BCUT2D eigenvalue weighted by atomic mass is 19.1. The maximum absolute atomic E-state index is 13.6. The second kappa shape index (κ2) is 8.90. The van der Waals surface area contributed by atoms with Gasteiger partial charge in [0.25, 0.3) is 0 Å². The number of aromatic nitrogens is 2. The van der Waals surface area contributed by atoms with Crippen LogP contribution in [0.25, 0.3) is 11.4 Å². The second-order valence-electron chi connectivity index (χ2n) is 6.17. The van der Waals surface area contributed by atoms with Crippen molar-refractivity contribution in [3.8, 4) is 11.4 Å². The van der Waals surface area contributed by atoms with E-state index in [1.54, 1.807) is 43.3 Å². The van der Waals surface area contributed by atoms with Gasteiger partial charge < -0.3 is 15.2 Å². The zero-order chi connectivity index (χ0) is 19.9. The molecule has 2 amide bonds. The monoisotopic (exact) mass is 382 g/mol. The summed E-state index contributed by atoms with van der Waals surface area (Å²) in [6.07, 6.45) is 0.302. The fourth-order valence-electron chi connectivity index (χ4n) is 2.42. The molecule has 1 heterocycles. The number of hydrogen-bond acceptors (Lipinski definition) is 5. The van der Waals surface area contributed by atoms with Crippen molar-refractivity contribution in [3.05, 3.63) is 65.8 Å². The Morgan fingerprint density at radius 1 is 1.11 bits per heavy atom. The molecule has 3 rings (SSSR count). The second-order valence-corrected chi connectivity index (χ2v) is 6.17. The summed E-state index contributed by atoms with van der Waals surface area (Å²) in [6, 6.07) is 13.6. The lowest BCUT2D eigenvalue weighted by Crippen LogP contribution is -2.32. The number of aryl methyl sites for hydroxylation is 2. The summed E-state index contributed by atoms with van der Waals surface area (Å²) in [5.74, 6) is -0.459. The van der Waals surface area contributed by atoms with Crippen LogP contribution in [0.2, 0.25) is 0 Å². The molecule has 3 aromatic rings. The number of carbonyl (C=O) groups is 2. The number of hydrogen-bond donors (Lipinski definition) is 2. The Morgan fingerprint density at radius 2 is 1.89 bits per heavy atom. The van der Waals surface area contributed by atoms with Crippen LogP contribution >= 0.6 is 0 Å². The molecule has 8 heteroatoms. The molecule has 0 atom stereocenters. The molecule has 0 aliphatic carbocycles. The van der Waals surface area contributed by atoms with Crippen LogP contribution in [0.4, 0.5) is 10.1 Å². The van der Waals surface area contributed by atoms with Gasteiger partial charge in [-0.15, -0.1) is 0 Å². The lowest BCUT2D eigenvalue weighted by atomic mass is 10.1. The molecular weight excluding hydrogens is 363 g/mol. The number of amides is 2. The summed E-state index contributed by atoms with van der Waals surface area (Å²) in [5, 5.41) is 9.02. The molecule has 0 fully saturated rings. The molecule has 144 valence electrons. The molecule has 0 aliphatic rings. The van der Waals surface area contributed by atoms with E-state index < -0.39 is 0 Å². The summed E-state index contributed by atoms with van der Waals surface area (Å²) in [4.78, 5) is 27.9. The van der Waals surface area contributed by atoms with Crippen molar-refractivity contribution >= 4 is 17.5 Å². The molecule has 1 aromatic heterocycles. The van der Waals surface area contributed by atoms with Crippen molar-refractivity contribution in [2.75, 3.05) is 11.9 Å². The Kier molecular flexibility index (Phi) is 6.11. The lowest BCUT2D eigenvalue weighted by Gasteiger charge is -2.06. The third kappa shape index (κ3) is 5.23. The minimum absolute atomic E-state index is 0.0858. The fourth-order valence-corrected chi connectivity index (χ4v) is 2.42. The molecule has 0 unspecified atom stereocenters. The normalized spacial score (nSPS) is 10.5. The molecule has 0 radical (unpaired) electrons. The first kappa shape index (κ1) is 19.2. The summed E-state index contributed by atoms with van der Waals surface area (Å²) in [6.45, 7) is 1.53. The number of anilines is 1. The zero-order valence-corrected chi connectivity index (χ0v) is 15.2. The van der Waals surface area contributed by atoms with E-state index >= 15 is 0 Å². The highest BCUT2D eigenvalue weighted by molar-refractivity contribution is 5.94. The molecular formula is C20H19FN4O3. The van der Waals surface area contributed by atoms with Gasteiger partial charge in [-0.2, -0.15) is 4.98 Å². The molecule has 2 N–H and O–H groups in total. The highest BCUT2D eigenvalue weighted by Crippen LogP contribution is 2.19. The zero-order valence-electron chi connectivity index (χ0n) is 15.2. The maximum Gasteiger partial charge on any atom is 0.243 e. The number of carbonyl (C=O) groups excluding carboxylic acids is 2. The van der Waals surface area contributed by atoms with Gasteiger partial charge in [-0.1, -0.05) is 35.5 Å². The predicted molar refractivity (Wildman–Crippen MR) is 101 cm³/mol. The first-order valence-electron chi connectivity index (χ1n) is 8.72. The number of benzene rings is 2. The van der Waals surface area contributed by atoms with Crippen molar-refractivity contribution < 1.29 is 18.5 Å². The average Bonchev–Trinajstić information content (AvgIpc) is 3.17. The molecule has 7 nitrogen and oxygen atoms in total. The number of nitrogens with one attached hydrogen (secondary N) is 2. The topological polar surface area (TPSA) is 97.1 Å². The van der Waals surface area contributed by atoms with Gasteiger partial charge in [-0.25, -0.2) is 4.39 Å². The first-order chi connectivity index (χ1) is 13.5. The SMILES string of the molecule is Cc1ccc(-c2noc(CCC(=O)NCC(=O)Nc3ccccc3)n2)cc1F. The smallest absolute Gasteiger partial charge is 0.243 e. The van der Waals surface area contributed by atoms with E-state index in [0.29, 0.717) is 16.8 Å². The highest BCUT2D eigenvalue weighted by Gasteiger charge is 2.12. The van der Waals surface area contributed by atoms with Gasteiger partial charge >= 0.3 is 0 Å². The predicted octanol–water partition coefficient (Wildman–Crippen LogP) is 2.87. The van der Waals surface area contributed by atoms with Gasteiger partial charge in [0, 0.05) is 24.1 Å². The van der Waals surface area contributed by atoms with E-state index in [-0.39, 0.29) is 48.7 Å². The van der Waals surface area contributed by atoms with Crippen molar-refractivity contribution in [1.29, 1.82) is 0 Å². The van der Waals surface area contributed by atoms with E-state index in [2.05, 4.69) is 20.8 Å². The number of nitrogens with zero attached hydrogens (tertiary/aromatic N) is 2. The third-order valence-electron chi connectivity index (χ3n) is 3.97. The van der Waals surface area contributed by atoms with Gasteiger partial charge in [0.1, 0.15) is 5.82 Å². The maximum atomic E-state index is 13.6. The average molecular weight is 382 g/mol. The molecule has 28 heavy (non-hydrogen) atoms. The van der Waals surface area contributed by atoms with E-state index in [4.69, 9.17) is 4.52 Å². The fraction of sp³-hybridized carbons (Fsp3) is 0.200. The third-order valence-corrected chi connectivity index (χ3v) is 3.97. The minimum Gasteiger partial charge on any atom is -0.347 e. The largest absolute Gasteiger partial charge is 0.347 e. The van der Waals surface area contributed by atoms with Crippen LogP contribution in [0.5, 0.6) is 0 Å². The molecule has 0 aliphatic heterocycles. The Bertz CT molecular complexity index is 973. The van der Waals surface area contributed by atoms with Gasteiger partial charge in [-0.05, 0) is 30.7 Å². The standard InChI is InChI=1S/C20H19FN4O3/c1-13-7-8-14(11-16(13)21)20-24-19(28-25-20)10-9-17(26)22-12-18(27)23-15-5-3-2-4-6-15/h2-8,11H,9-10,12H2,1H3,(H,22,26)(H,23,27). The van der Waals surface area contributed by atoms with Crippen molar-refractivity contribution in [3.63, 3.8) is 0 Å². The number of rotatable bonds is 7. The molecule has 2 aromatic carbocycles. The molecule has 0 saturated heterocycles. The van der Waals surface area contributed by atoms with Crippen molar-refractivity contribution in [2.45, 2.75) is 19.8 Å². The van der Waals surface area contributed by atoms with Crippen LogP contribution in [-0.2, 0) is 16.0 Å². The molecule has 0 bridgehead atoms. The van der Waals surface area contributed by atoms with Gasteiger partial charge in [0.05, 0.1) is 6.54 Å². The van der Waals surface area contributed by atoms with E-state index in [0.717, 1.165) is 0 Å². The van der Waals surface area contributed by atoms with E-state index in [1.165, 1.54) is 6.07 Å². The summed E-state index contributed by atoms with van der Waals surface area (Å²) in [7, 11) is 0. The van der Waals surface area contributed by atoms with Gasteiger partial charge in [0.15, 0.2) is 0 Å². The van der Waals surface area contributed by atoms with Crippen LogP contribution in [-0.4, -0.2) is 28.5 Å². The van der Waals surface area contributed by atoms with E-state index in [1.807, 2.05) is 6.07 Å². The van der Waals surface area contributed by atoms with Gasteiger partial charge in [0.2, 0.25) is 23.5 Å². The first-order valence-corrected chi connectivity index (χ1v) is 8.72. The van der Waals surface area contributed by atoms with Crippen LogP contribution in [0.3, 0.4) is 0 Å². The Morgan fingerprint density at radius 3 is 2.64 bits per heavy atom. The van der Waals surface area contributed by atoms with Crippen molar-refractivity contribution in [2.24, 2.45) is 0 Å². The quantitative estimate of drug-likeness (QED) is 0.655.